The Labute approximate surface area is 184 Å². The Kier molecular flexibility index (Phi) is 4.27. The van der Waals surface area contributed by atoms with Crippen LogP contribution in [0.1, 0.15) is 52.7 Å². The minimum Gasteiger partial charge on any atom is -0.299 e. The van der Waals surface area contributed by atoms with Gasteiger partial charge in [-0.25, -0.2) is 4.98 Å². The lowest BCUT2D eigenvalue weighted by Crippen LogP contribution is -2.12. The maximum atomic E-state index is 4.71. The first kappa shape index (κ1) is 19.8. The van der Waals surface area contributed by atoms with Crippen LogP contribution in [0, 0.1) is 0 Å². The van der Waals surface area contributed by atoms with Gasteiger partial charge in [0, 0.05) is 28.7 Å². The third-order valence-corrected chi connectivity index (χ3v) is 6.38. The largest absolute Gasteiger partial charge is 0.299 e. The Morgan fingerprint density at radius 1 is 0.677 bits per heavy atom. The van der Waals surface area contributed by atoms with Crippen molar-refractivity contribution in [2.45, 2.75) is 52.4 Å². The minimum atomic E-state index is 0.0549. The number of imidazole rings is 1. The molecule has 0 radical (unpaired) electrons. The van der Waals surface area contributed by atoms with E-state index >= 15 is 0 Å². The van der Waals surface area contributed by atoms with Crippen LogP contribution in [-0.2, 0) is 10.8 Å². The maximum Gasteiger partial charge on any atom is 0.145 e. The van der Waals surface area contributed by atoms with Gasteiger partial charge in [-0.3, -0.25) is 4.40 Å². The van der Waals surface area contributed by atoms with E-state index < -0.39 is 0 Å². The fraction of sp³-hybridized carbons (Fsp3) is 0.276. The number of fused-ring (bicyclic) bond motifs is 6. The molecule has 0 aliphatic heterocycles. The van der Waals surface area contributed by atoms with Gasteiger partial charge in [0.2, 0.25) is 0 Å². The number of hydrogen-bond donors (Lipinski definition) is 0. The van der Waals surface area contributed by atoms with Crippen molar-refractivity contribution in [1.82, 2.24) is 9.38 Å². The molecule has 3 aromatic carbocycles. The number of benzene rings is 3. The summed E-state index contributed by atoms with van der Waals surface area (Å²) in [7, 11) is 0. The fourth-order valence-corrected chi connectivity index (χ4v) is 4.50. The quantitative estimate of drug-likeness (QED) is 0.259. The monoisotopic (exact) mass is 406 g/mol. The Morgan fingerprint density at radius 3 is 1.97 bits per heavy atom. The Hall–Kier alpha value is -3.13. The van der Waals surface area contributed by atoms with Crippen molar-refractivity contribution in [3.63, 3.8) is 0 Å². The standard InChI is InChI=1S/C29H30N2/c1-28(2,3)20-13-11-19(12-14-20)24-17-21(29(4,5)6)18-25-22-9-7-8-10-23(22)27-30-15-16-31(27)26(24)25/h7-18H,1-6H3. The summed E-state index contributed by atoms with van der Waals surface area (Å²) in [4.78, 5) is 4.71. The van der Waals surface area contributed by atoms with Crippen molar-refractivity contribution in [1.29, 1.82) is 0 Å². The molecule has 31 heavy (non-hydrogen) atoms. The molecule has 0 bridgehead atoms. The third kappa shape index (κ3) is 3.22. The first-order valence-electron chi connectivity index (χ1n) is 11.1. The summed E-state index contributed by atoms with van der Waals surface area (Å²) in [5.74, 6) is 0. The van der Waals surface area contributed by atoms with E-state index in [1.54, 1.807) is 0 Å². The summed E-state index contributed by atoms with van der Waals surface area (Å²) in [6.45, 7) is 13.7. The highest BCUT2D eigenvalue weighted by molar-refractivity contribution is 6.15. The lowest BCUT2D eigenvalue weighted by atomic mass is 9.82. The molecule has 0 spiro atoms. The van der Waals surface area contributed by atoms with Gasteiger partial charge >= 0.3 is 0 Å². The molecule has 0 saturated carbocycles. The summed E-state index contributed by atoms with van der Waals surface area (Å²) in [5, 5.41) is 3.73. The van der Waals surface area contributed by atoms with E-state index in [0.29, 0.717) is 0 Å². The zero-order chi connectivity index (χ0) is 22.0. The van der Waals surface area contributed by atoms with E-state index in [1.807, 2.05) is 6.20 Å². The molecule has 2 heterocycles. The number of hydrogen-bond acceptors (Lipinski definition) is 1. The van der Waals surface area contributed by atoms with Crippen LogP contribution in [-0.4, -0.2) is 9.38 Å². The van der Waals surface area contributed by atoms with E-state index in [-0.39, 0.29) is 10.8 Å². The van der Waals surface area contributed by atoms with Gasteiger partial charge in [0.25, 0.3) is 0 Å². The number of pyridine rings is 1. The smallest absolute Gasteiger partial charge is 0.145 e. The lowest BCUT2D eigenvalue weighted by Gasteiger charge is -2.23. The van der Waals surface area contributed by atoms with Crippen molar-refractivity contribution in [2.24, 2.45) is 0 Å². The van der Waals surface area contributed by atoms with Crippen LogP contribution in [0.5, 0.6) is 0 Å². The van der Waals surface area contributed by atoms with Crippen molar-refractivity contribution in [3.8, 4) is 11.1 Å². The molecule has 0 unspecified atom stereocenters. The molecule has 2 aromatic heterocycles. The Bertz CT molecular complexity index is 1420. The molecule has 0 atom stereocenters. The average molecular weight is 407 g/mol. The van der Waals surface area contributed by atoms with Crippen LogP contribution >= 0.6 is 0 Å². The van der Waals surface area contributed by atoms with E-state index in [0.717, 1.165) is 5.65 Å². The first-order valence-corrected chi connectivity index (χ1v) is 11.1. The average Bonchev–Trinajstić information content (AvgIpc) is 3.22. The number of aromatic nitrogens is 2. The second-order valence-electron chi connectivity index (χ2n) is 10.7. The van der Waals surface area contributed by atoms with Crippen LogP contribution in [0.25, 0.3) is 38.4 Å². The number of rotatable bonds is 1. The van der Waals surface area contributed by atoms with Crippen molar-refractivity contribution in [2.75, 3.05) is 0 Å². The topological polar surface area (TPSA) is 17.3 Å². The van der Waals surface area contributed by atoms with Gasteiger partial charge < -0.3 is 0 Å². The summed E-state index contributed by atoms with van der Waals surface area (Å²) >= 11 is 0. The normalized spacial score (nSPS) is 12.8. The molecule has 5 aromatic rings. The SMILES string of the molecule is CC(C)(C)c1ccc(-c2cc(C(C)(C)C)cc3c4ccccc4c4nccn4c23)cc1. The lowest BCUT2D eigenvalue weighted by molar-refractivity contribution is 0.590. The van der Waals surface area contributed by atoms with Crippen LogP contribution in [0.3, 0.4) is 0 Å². The molecular weight excluding hydrogens is 376 g/mol. The van der Waals surface area contributed by atoms with E-state index in [9.17, 15) is 0 Å². The zero-order valence-electron chi connectivity index (χ0n) is 19.3. The molecular formula is C29H30N2. The van der Waals surface area contributed by atoms with Crippen LogP contribution in [0.15, 0.2) is 73.1 Å². The van der Waals surface area contributed by atoms with Crippen LogP contribution < -0.4 is 0 Å². The highest BCUT2D eigenvalue weighted by Crippen LogP contribution is 2.39. The minimum absolute atomic E-state index is 0.0549. The van der Waals surface area contributed by atoms with Gasteiger partial charge in [-0.2, -0.15) is 0 Å². The molecule has 0 aliphatic carbocycles. The zero-order valence-corrected chi connectivity index (χ0v) is 19.3. The Morgan fingerprint density at radius 2 is 1.32 bits per heavy atom. The highest BCUT2D eigenvalue weighted by atomic mass is 15.0. The van der Waals surface area contributed by atoms with Gasteiger partial charge in [-0.15, -0.1) is 0 Å². The molecule has 2 nitrogen and oxygen atoms in total. The van der Waals surface area contributed by atoms with E-state index in [4.69, 9.17) is 4.98 Å². The van der Waals surface area contributed by atoms with Gasteiger partial charge in [0.15, 0.2) is 0 Å². The second kappa shape index (κ2) is 6.68. The van der Waals surface area contributed by atoms with Gasteiger partial charge in [0.1, 0.15) is 5.65 Å². The van der Waals surface area contributed by atoms with Gasteiger partial charge in [-0.1, -0.05) is 90.1 Å². The molecule has 156 valence electrons. The molecule has 0 saturated heterocycles. The third-order valence-electron chi connectivity index (χ3n) is 6.38. The second-order valence-corrected chi connectivity index (χ2v) is 10.7. The molecule has 0 fully saturated rings. The van der Waals surface area contributed by atoms with E-state index in [1.165, 1.54) is 43.9 Å². The summed E-state index contributed by atoms with van der Waals surface area (Å²) in [6, 6.07) is 22.5. The summed E-state index contributed by atoms with van der Waals surface area (Å²) < 4.78 is 2.26. The fourth-order valence-electron chi connectivity index (χ4n) is 4.50. The van der Waals surface area contributed by atoms with Crippen LogP contribution in [0.2, 0.25) is 0 Å². The molecule has 5 rings (SSSR count). The first-order chi connectivity index (χ1) is 14.6. The number of nitrogens with zero attached hydrogens (tertiary/aromatic N) is 2. The van der Waals surface area contributed by atoms with Crippen molar-refractivity contribution < 1.29 is 0 Å². The Balaban J connectivity index is 1.93. The molecule has 2 heteroatoms. The van der Waals surface area contributed by atoms with Gasteiger partial charge in [0.05, 0.1) is 5.52 Å². The highest BCUT2D eigenvalue weighted by Gasteiger charge is 2.21. The van der Waals surface area contributed by atoms with E-state index in [2.05, 4.69) is 113 Å². The van der Waals surface area contributed by atoms with Crippen LogP contribution in [0.4, 0.5) is 0 Å². The molecule has 0 amide bonds. The predicted molar refractivity (Wildman–Crippen MR) is 133 cm³/mol. The molecule has 0 aliphatic rings. The van der Waals surface area contributed by atoms with Crippen molar-refractivity contribution >= 4 is 27.3 Å². The van der Waals surface area contributed by atoms with Crippen molar-refractivity contribution in [3.05, 3.63) is 84.2 Å². The molecule has 0 N–H and O–H groups in total. The summed E-state index contributed by atoms with van der Waals surface area (Å²) in [5.41, 5.74) is 7.64. The maximum absolute atomic E-state index is 4.71. The summed E-state index contributed by atoms with van der Waals surface area (Å²) in [6.07, 6.45) is 4.00. The van der Waals surface area contributed by atoms with Gasteiger partial charge in [-0.05, 0) is 45.0 Å². The predicted octanol–water partition coefficient (Wildman–Crippen LogP) is 7.90.